The van der Waals surface area contributed by atoms with E-state index in [-0.39, 0.29) is 17.1 Å². The molecule has 1 fully saturated rings. The first-order chi connectivity index (χ1) is 11.9. The molecule has 0 aliphatic carbocycles. The predicted molar refractivity (Wildman–Crippen MR) is 92.4 cm³/mol. The van der Waals surface area contributed by atoms with Gasteiger partial charge in [0, 0.05) is 13.1 Å². The molecule has 0 saturated carbocycles. The van der Waals surface area contributed by atoms with Crippen molar-refractivity contribution < 1.29 is 22.3 Å². The van der Waals surface area contributed by atoms with Crippen LogP contribution in [0.3, 0.4) is 0 Å². The lowest BCUT2D eigenvalue weighted by molar-refractivity contribution is 0.0525. The monoisotopic (exact) mass is 372 g/mol. The van der Waals surface area contributed by atoms with Crippen LogP contribution in [0, 0.1) is 11.7 Å². The second kappa shape index (κ2) is 8.73. The maximum absolute atomic E-state index is 13.8. The van der Waals surface area contributed by atoms with E-state index < -0.39 is 21.8 Å². The standard InChI is InChI=1S/C17H25FN2O4S/c1-3-19-12-13-5-7-20(8-6-13)25(22,23)16-10-14(9-15(18)11-16)17(21)24-4-2/h9-11,13,19H,3-8,12H2,1-2H3. The fourth-order valence-electron chi connectivity index (χ4n) is 2.90. The Kier molecular flexibility index (Phi) is 6.92. The SMILES string of the molecule is CCNCC1CCN(S(=O)(=O)c2cc(F)cc(C(=O)OCC)c2)CC1. The van der Waals surface area contributed by atoms with E-state index in [4.69, 9.17) is 4.74 Å². The summed E-state index contributed by atoms with van der Waals surface area (Å²) in [5.41, 5.74) is -0.0949. The van der Waals surface area contributed by atoms with Gasteiger partial charge in [-0.15, -0.1) is 0 Å². The summed E-state index contributed by atoms with van der Waals surface area (Å²) in [6.07, 6.45) is 1.51. The lowest BCUT2D eigenvalue weighted by Gasteiger charge is -2.31. The summed E-state index contributed by atoms with van der Waals surface area (Å²) < 4.78 is 45.6. The Balaban J connectivity index is 2.16. The first kappa shape index (κ1) is 19.8. The molecule has 2 rings (SSSR count). The van der Waals surface area contributed by atoms with E-state index in [0.717, 1.165) is 38.1 Å². The topological polar surface area (TPSA) is 75.7 Å². The van der Waals surface area contributed by atoms with Gasteiger partial charge in [-0.3, -0.25) is 0 Å². The van der Waals surface area contributed by atoms with Crippen molar-refractivity contribution in [3.63, 3.8) is 0 Å². The molecule has 1 aliphatic heterocycles. The molecule has 1 heterocycles. The summed E-state index contributed by atoms with van der Waals surface area (Å²) in [5, 5.41) is 3.27. The van der Waals surface area contributed by atoms with E-state index in [2.05, 4.69) is 5.32 Å². The number of rotatable bonds is 7. The Labute approximate surface area is 148 Å². The molecular weight excluding hydrogens is 347 g/mol. The molecule has 1 aromatic carbocycles. The summed E-state index contributed by atoms with van der Waals surface area (Å²) >= 11 is 0. The van der Waals surface area contributed by atoms with E-state index in [9.17, 15) is 17.6 Å². The van der Waals surface area contributed by atoms with Crippen molar-refractivity contribution in [2.75, 3.05) is 32.8 Å². The van der Waals surface area contributed by atoms with Crippen LogP contribution in [0.5, 0.6) is 0 Å². The number of piperidine rings is 1. The fraction of sp³-hybridized carbons (Fsp3) is 0.588. The smallest absolute Gasteiger partial charge is 0.338 e. The van der Waals surface area contributed by atoms with E-state index >= 15 is 0 Å². The van der Waals surface area contributed by atoms with Gasteiger partial charge >= 0.3 is 5.97 Å². The van der Waals surface area contributed by atoms with Gasteiger partial charge in [-0.2, -0.15) is 4.31 Å². The van der Waals surface area contributed by atoms with Crippen LogP contribution in [0.15, 0.2) is 23.1 Å². The summed E-state index contributed by atoms with van der Waals surface area (Å²) in [5.74, 6) is -1.07. The van der Waals surface area contributed by atoms with E-state index in [0.29, 0.717) is 19.0 Å². The zero-order chi connectivity index (χ0) is 18.4. The van der Waals surface area contributed by atoms with Gasteiger partial charge in [0.25, 0.3) is 0 Å². The summed E-state index contributed by atoms with van der Waals surface area (Å²) in [6, 6.07) is 3.11. The number of carbonyl (C=O) groups is 1. The number of esters is 1. The molecule has 6 nitrogen and oxygen atoms in total. The second-order valence-electron chi connectivity index (χ2n) is 6.05. The van der Waals surface area contributed by atoms with Crippen molar-refractivity contribution in [1.82, 2.24) is 9.62 Å². The van der Waals surface area contributed by atoms with E-state index in [1.165, 1.54) is 10.4 Å². The van der Waals surface area contributed by atoms with Crippen molar-refractivity contribution in [3.8, 4) is 0 Å². The molecular formula is C17H25FN2O4S. The molecule has 0 amide bonds. The lowest BCUT2D eigenvalue weighted by atomic mass is 9.98. The highest BCUT2D eigenvalue weighted by Gasteiger charge is 2.30. The molecule has 0 aromatic heterocycles. The molecule has 0 atom stereocenters. The normalized spacial score (nSPS) is 16.8. The Morgan fingerprint density at radius 3 is 2.56 bits per heavy atom. The number of hydrogen-bond donors (Lipinski definition) is 1. The van der Waals surface area contributed by atoms with Crippen LogP contribution < -0.4 is 5.32 Å². The van der Waals surface area contributed by atoms with Gasteiger partial charge < -0.3 is 10.1 Å². The Morgan fingerprint density at radius 1 is 1.28 bits per heavy atom. The van der Waals surface area contributed by atoms with Crippen molar-refractivity contribution in [2.24, 2.45) is 5.92 Å². The van der Waals surface area contributed by atoms with Crippen LogP contribution in [0.25, 0.3) is 0 Å². The molecule has 1 saturated heterocycles. The minimum atomic E-state index is -3.83. The second-order valence-corrected chi connectivity index (χ2v) is 7.99. The van der Waals surface area contributed by atoms with Crippen molar-refractivity contribution in [3.05, 3.63) is 29.6 Å². The maximum Gasteiger partial charge on any atom is 0.338 e. The van der Waals surface area contributed by atoms with Crippen molar-refractivity contribution in [2.45, 2.75) is 31.6 Å². The van der Waals surface area contributed by atoms with E-state index in [1.807, 2.05) is 6.92 Å². The van der Waals surface area contributed by atoms with Gasteiger partial charge in [-0.25, -0.2) is 17.6 Å². The average molecular weight is 372 g/mol. The van der Waals surface area contributed by atoms with Gasteiger partial charge in [-0.1, -0.05) is 6.92 Å². The number of carbonyl (C=O) groups excluding carboxylic acids is 1. The van der Waals surface area contributed by atoms with Crippen LogP contribution >= 0.6 is 0 Å². The van der Waals surface area contributed by atoms with Crippen LogP contribution in [0.1, 0.15) is 37.0 Å². The highest BCUT2D eigenvalue weighted by atomic mass is 32.2. The predicted octanol–water partition coefficient (Wildman–Crippen LogP) is 2.01. The number of halogens is 1. The molecule has 1 N–H and O–H groups in total. The van der Waals surface area contributed by atoms with Crippen LogP contribution in [0.2, 0.25) is 0 Å². The quantitative estimate of drug-likeness (QED) is 0.741. The first-order valence-corrected chi connectivity index (χ1v) is 10.0. The van der Waals surface area contributed by atoms with Gasteiger partial charge in [0.05, 0.1) is 17.1 Å². The number of nitrogens with one attached hydrogen (secondary N) is 1. The summed E-state index contributed by atoms with van der Waals surface area (Å²) in [7, 11) is -3.83. The third kappa shape index (κ3) is 4.99. The van der Waals surface area contributed by atoms with Gasteiger partial charge in [0.2, 0.25) is 10.0 Å². The van der Waals surface area contributed by atoms with Crippen molar-refractivity contribution in [1.29, 1.82) is 0 Å². The van der Waals surface area contributed by atoms with Gasteiger partial charge in [-0.05, 0) is 57.0 Å². The van der Waals surface area contributed by atoms with Crippen LogP contribution in [0.4, 0.5) is 4.39 Å². The molecule has 0 bridgehead atoms. The molecule has 140 valence electrons. The number of hydrogen-bond acceptors (Lipinski definition) is 5. The highest BCUT2D eigenvalue weighted by molar-refractivity contribution is 7.89. The first-order valence-electron chi connectivity index (χ1n) is 8.57. The maximum atomic E-state index is 13.8. The number of nitrogens with zero attached hydrogens (tertiary/aromatic N) is 1. The fourth-order valence-corrected chi connectivity index (χ4v) is 4.42. The average Bonchev–Trinajstić information content (AvgIpc) is 2.60. The Morgan fingerprint density at radius 2 is 1.96 bits per heavy atom. The molecule has 1 aromatic rings. The molecule has 8 heteroatoms. The zero-order valence-electron chi connectivity index (χ0n) is 14.6. The van der Waals surface area contributed by atoms with Gasteiger partial charge in [0.15, 0.2) is 0 Å². The Bertz CT molecular complexity index is 701. The molecule has 25 heavy (non-hydrogen) atoms. The minimum absolute atomic E-state index is 0.0949. The number of ether oxygens (including phenoxy) is 1. The molecule has 0 radical (unpaired) electrons. The molecule has 0 unspecified atom stereocenters. The summed E-state index contributed by atoms with van der Waals surface area (Å²) in [6.45, 7) is 6.34. The third-order valence-electron chi connectivity index (χ3n) is 4.28. The van der Waals surface area contributed by atoms with Crippen molar-refractivity contribution >= 4 is 16.0 Å². The minimum Gasteiger partial charge on any atom is -0.462 e. The van der Waals surface area contributed by atoms with Gasteiger partial charge in [0.1, 0.15) is 5.82 Å². The molecule has 0 spiro atoms. The lowest BCUT2D eigenvalue weighted by Crippen LogP contribution is -2.40. The molecule has 1 aliphatic rings. The number of sulfonamides is 1. The third-order valence-corrected chi connectivity index (χ3v) is 6.15. The van der Waals surface area contributed by atoms with Crippen LogP contribution in [-0.4, -0.2) is 51.5 Å². The van der Waals surface area contributed by atoms with E-state index in [1.54, 1.807) is 6.92 Å². The summed E-state index contributed by atoms with van der Waals surface area (Å²) in [4.78, 5) is 11.6. The largest absolute Gasteiger partial charge is 0.462 e. The number of benzene rings is 1. The zero-order valence-corrected chi connectivity index (χ0v) is 15.4. The Hall–Kier alpha value is -1.51. The van der Waals surface area contributed by atoms with Crippen LogP contribution in [-0.2, 0) is 14.8 Å². The highest BCUT2D eigenvalue weighted by Crippen LogP contribution is 2.25.